The average Bonchev–Trinajstić information content (AvgIpc) is 3.55. The van der Waals surface area contributed by atoms with Crippen LogP contribution >= 0.6 is 0 Å². The Labute approximate surface area is 203 Å². The van der Waals surface area contributed by atoms with E-state index in [2.05, 4.69) is 20.8 Å². The molecule has 1 atom stereocenters. The van der Waals surface area contributed by atoms with Crippen LogP contribution in [0.5, 0.6) is 0 Å². The van der Waals surface area contributed by atoms with Gasteiger partial charge in [0, 0.05) is 37.2 Å². The molecular weight excluding hydrogens is 450 g/mol. The fourth-order valence-corrected chi connectivity index (χ4v) is 4.10. The third-order valence-corrected chi connectivity index (χ3v) is 6.03. The first-order valence-electron chi connectivity index (χ1n) is 11.7. The topological polar surface area (TPSA) is 131 Å². The molecule has 35 heavy (non-hydrogen) atoms. The van der Waals surface area contributed by atoms with E-state index in [0.717, 1.165) is 5.56 Å². The van der Waals surface area contributed by atoms with Crippen molar-refractivity contribution in [1.82, 2.24) is 20.4 Å². The van der Waals surface area contributed by atoms with Crippen LogP contribution in [0.15, 0.2) is 51.6 Å². The summed E-state index contributed by atoms with van der Waals surface area (Å²) in [5.74, 6) is 0.536. The van der Waals surface area contributed by atoms with Gasteiger partial charge in [0.05, 0.1) is 6.26 Å². The van der Waals surface area contributed by atoms with Crippen LogP contribution in [0.1, 0.15) is 56.0 Å². The van der Waals surface area contributed by atoms with Crippen LogP contribution in [0.3, 0.4) is 0 Å². The van der Waals surface area contributed by atoms with E-state index in [0.29, 0.717) is 43.3 Å². The van der Waals surface area contributed by atoms with Crippen molar-refractivity contribution < 1.29 is 23.3 Å². The molecule has 3 heterocycles. The fourth-order valence-electron chi connectivity index (χ4n) is 4.10. The monoisotopic (exact) mass is 479 g/mol. The molecule has 0 spiro atoms. The van der Waals surface area contributed by atoms with E-state index in [1.807, 2.05) is 26.0 Å². The molecule has 0 unspecified atom stereocenters. The third kappa shape index (κ3) is 5.76. The molecule has 2 N–H and O–H groups in total. The van der Waals surface area contributed by atoms with E-state index in [9.17, 15) is 14.4 Å². The Kier molecular flexibility index (Phi) is 7.28. The Bertz CT molecular complexity index is 1160. The maximum absolute atomic E-state index is 13.2. The minimum atomic E-state index is -0.639. The number of amides is 3. The summed E-state index contributed by atoms with van der Waals surface area (Å²) in [7, 11) is 0. The van der Waals surface area contributed by atoms with Crippen LogP contribution in [0, 0.1) is 5.92 Å². The number of rotatable bonds is 7. The molecule has 1 aliphatic rings. The highest BCUT2D eigenvalue weighted by molar-refractivity contribution is 5.95. The number of nitrogens with one attached hydrogen (secondary N) is 2. The number of piperidine rings is 1. The molecule has 1 saturated heterocycles. The summed E-state index contributed by atoms with van der Waals surface area (Å²) in [5.41, 5.74) is 1.48. The number of anilines is 1. The van der Waals surface area contributed by atoms with E-state index < -0.39 is 11.9 Å². The summed E-state index contributed by atoms with van der Waals surface area (Å²) in [4.78, 5) is 43.1. The van der Waals surface area contributed by atoms with Gasteiger partial charge in [-0.1, -0.05) is 19.0 Å². The molecule has 4 rings (SSSR count). The second kappa shape index (κ2) is 10.5. The summed E-state index contributed by atoms with van der Waals surface area (Å²) >= 11 is 0. The molecule has 0 aliphatic carbocycles. The number of likely N-dealkylation sites (tertiary alicyclic amines) is 1. The molecule has 10 heteroatoms. The van der Waals surface area contributed by atoms with E-state index in [1.165, 1.54) is 13.2 Å². The lowest BCUT2D eigenvalue weighted by Gasteiger charge is -2.34. The van der Waals surface area contributed by atoms with Crippen molar-refractivity contribution in [3.05, 3.63) is 54.3 Å². The molecule has 1 aromatic carbocycles. The summed E-state index contributed by atoms with van der Waals surface area (Å²) in [6, 6.07) is 9.78. The van der Waals surface area contributed by atoms with Gasteiger partial charge in [0.1, 0.15) is 6.04 Å². The van der Waals surface area contributed by atoms with Gasteiger partial charge in [0.15, 0.2) is 5.76 Å². The minimum absolute atomic E-state index is 0.0502. The number of hydrogen-bond donors (Lipinski definition) is 2. The lowest BCUT2D eigenvalue weighted by atomic mass is 9.95. The van der Waals surface area contributed by atoms with E-state index >= 15 is 0 Å². The van der Waals surface area contributed by atoms with Gasteiger partial charge in [0.25, 0.3) is 5.91 Å². The summed E-state index contributed by atoms with van der Waals surface area (Å²) in [5, 5.41) is 9.63. The van der Waals surface area contributed by atoms with Crippen molar-refractivity contribution >= 4 is 23.4 Å². The van der Waals surface area contributed by atoms with Crippen LogP contribution in [-0.4, -0.2) is 51.9 Å². The standard InChI is InChI=1S/C25H29N5O5/c1-15(2)21(27-23(32)20-5-4-14-34-20)25(33)30-12-10-18(11-13-30)24-28-22(29-35-24)17-6-8-19(9-7-17)26-16(3)31/h4-9,14-15,18,21H,10-13H2,1-3H3,(H,26,31)(H,27,32)/t21-/m1/s1. The highest BCUT2D eigenvalue weighted by atomic mass is 16.5. The Hall–Kier alpha value is -3.95. The maximum Gasteiger partial charge on any atom is 0.287 e. The quantitative estimate of drug-likeness (QED) is 0.531. The van der Waals surface area contributed by atoms with Crippen LogP contribution in [-0.2, 0) is 9.59 Å². The van der Waals surface area contributed by atoms with Gasteiger partial charge in [0.2, 0.25) is 23.5 Å². The molecular formula is C25H29N5O5. The van der Waals surface area contributed by atoms with Crippen LogP contribution in [0.4, 0.5) is 5.69 Å². The smallest absolute Gasteiger partial charge is 0.287 e. The van der Waals surface area contributed by atoms with Gasteiger partial charge in [-0.2, -0.15) is 4.98 Å². The average molecular weight is 480 g/mol. The Morgan fingerprint density at radius 1 is 1.09 bits per heavy atom. The van der Waals surface area contributed by atoms with Crippen molar-refractivity contribution in [2.24, 2.45) is 5.92 Å². The Balaban J connectivity index is 1.35. The van der Waals surface area contributed by atoms with Gasteiger partial charge in [-0.15, -0.1) is 0 Å². The highest BCUT2D eigenvalue weighted by Gasteiger charge is 2.33. The van der Waals surface area contributed by atoms with Gasteiger partial charge >= 0.3 is 0 Å². The molecule has 1 aliphatic heterocycles. The maximum atomic E-state index is 13.2. The third-order valence-electron chi connectivity index (χ3n) is 6.03. The van der Waals surface area contributed by atoms with Crippen LogP contribution < -0.4 is 10.6 Å². The van der Waals surface area contributed by atoms with Crippen molar-refractivity contribution in [1.29, 1.82) is 0 Å². The summed E-state index contributed by atoms with van der Waals surface area (Å²) < 4.78 is 10.7. The Morgan fingerprint density at radius 2 is 1.80 bits per heavy atom. The number of furan rings is 1. The number of aromatic nitrogens is 2. The van der Waals surface area contributed by atoms with Crippen molar-refractivity contribution in [2.75, 3.05) is 18.4 Å². The normalized spacial score (nSPS) is 15.1. The first-order chi connectivity index (χ1) is 16.8. The summed E-state index contributed by atoms with van der Waals surface area (Å²) in [6.45, 7) is 6.33. The lowest BCUT2D eigenvalue weighted by Crippen LogP contribution is -2.52. The molecule has 2 aromatic heterocycles. The van der Waals surface area contributed by atoms with Crippen molar-refractivity contribution in [3.8, 4) is 11.4 Å². The second-order valence-electron chi connectivity index (χ2n) is 8.99. The number of benzene rings is 1. The number of carbonyl (C=O) groups excluding carboxylic acids is 3. The van der Waals surface area contributed by atoms with Gasteiger partial charge in [-0.05, 0) is 55.2 Å². The first kappa shape index (κ1) is 24.2. The summed E-state index contributed by atoms with van der Waals surface area (Å²) in [6.07, 6.45) is 2.80. The first-order valence-corrected chi connectivity index (χ1v) is 11.7. The van der Waals surface area contributed by atoms with Gasteiger partial charge < -0.3 is 24.5 Å². The molecule has 1 fully saturated rings. The van der Waals surface area contributed by atoms with Gasteiger partial charge in [-0.25, -0.2) is 0 Å². The lowest BCUT2D eigenvalue weighted by molar-refractivity contribution is -0.135. The number of carbonyl (C=O) groups is 3. The zero-order valence-electron chi connectivity index (χ0n) is 20.0. The Morgan fingerprint density at radius 3 is 2.40 bits per heavy atom. The van der Waals surface area contributed by atoms with Crippen LogP contribution in [0.2, 0.25) is 0 Å². The second-order valence-corrected chi connectivity index (χ2v) is 8.99. The predicted octanol–water partition coefficient (Wildman–Crippen LogP) is 3.45. The molecule has 3 amide bonds. The van der Waals surface area contributed by atoms with Crippen LogP contribution in [0.25, 0.3) is 11.4 Å². The van der Waals surface area contributed by atoms with Crippen molar-refractivity contribution in [2.45, 2.75) is 45.6 Å². The fraction of sp³-hybridized carbons (Fsp3) is 0.400. The molecule has 3 aromatic rings. The van der Waals surface area contributed by atoms with E-state index in [1.54, 1.807) is 29.2 Å². The molecule has 0 saturated carbocycles. The van der Waals surface area contributed by atoms with Crippen molar-refractivity contribution in [3.63, 3.8) is 0 Å². The minimum Gasteiger partial charge on any atom is -0.459 e. The zero-order valence-corrected chi connectivity index (χ0v) is 20.0. The largest absolute Gasteiger partial charge is 0.459 e. The molecule has 0 bridgehead atoms. The zero-order chi connectivity index (χ0) is 24.9. The number of nitrogens with zero attached hydrogens (tertiary/aromatic N) is 3. The number of hydrogen-bond acceptors (Lipinski definition) is 7. The molecule has 184 valence electrons. The molecule has 10 nitrogen and oxygen atoms in total. The highest BCUT2D eigenvalue weighted by Crippen LogP contribution is 2.29. The molecule has 0 radical (unpaired) electrons. The predicted molar refractivity (Wildman–Crippen MR) is 127 cm³/mol. The van der Waals surface area contributed by atoms with E-state index in [-0.39, 0.29) is 29.4 Å². The SMILES string of the molecule is CC(=O)Nc1ccc(-c2noc(C3CCN(C(=O)[C@H](NC(=O)c4ccco4)C(C)C)CC3)n2)cc1. The van der Waals surface area contributed by atoms with Gasteiger partial charge in [-0.3, -0.25) is 14.4 Å². The van der Waals surface area contributed by atoms with E-state index in [4.69, 9.17) is 8.94 Å².